The van der Waals surface area contributed by atoms with Crippen molar-refractivity contribution in [3.05, 3.63) is 47.7 Å². The van der Waals surface area contributed by atoms with Gasteiger partial charge in [0.15, 0.2) is 11.5 Å². The van der Waals surface area contributed by atoms with E-state index in [9.17, 15) is 18.0 Å². The third-order valence-corrected chi connectivity index (χ3v) is 5.66. The maximum atomic E-state index is 13.0. The molecule has 0 bridgehead atoms. The smallest absolute Gasteiger partial charge is 0.368 e. The average Bonchev–Trinajstić information content (AvgIpc) is 2.79. The van der Waals surface area contributed by atoms with E-state index in [0.717, 1.165) is 43.9 Å². The van der Waals surface area contributed by atoms with Crippen molar-refractivity contribution < 1.29 is 18.0 Å². The Morgan fingerprint density at radius 2 is 1.57 bits per heavy atom. The van der Waals surface area contributed by atoms with Gasteiger partial charge in [0, 0.05) is 45.0 Å². The molecule has 30 heavy (non-hydrogen) atoms. The van der Waals surface area contributed by atoms with E-state index in [-0.39, 0.29) is 5.91 Å². The molecule has 0 saturated carbocycles. The van der Waals surface area contributed by atoms with Crippen molar-refractivity contribution >= 4 is 17.4 Å². The van der Waals surface area contributed by atoms with Crippen LogP contribution in [0.15, 0.2) is 36.4 Å². The quantitative estimate of drug-likeness (QED) is 0.763. The topological polar surface area (TPSA) is 52.6 Å². The first-order chi connectivity index (χ1) is 14.4. The summed E-state index contributed by atoms with van der Waals surface area (Å²) in [5, 5.41) is 8.35. The number of rotatable bonds is 3. The van der Waals surface area contributed by atoms with Crippen LogP contribution in [-0.2, 0) is 6.18 Å². The molecule has 2 aliphatic heterocycles. The Bertz CT molecular complexity index is 873. The summed E-state index contributed by atoms with van der Waals surface area (Å²) in [4.78, 5) is 18.5. The van der Waals surface area contributed by atoms with Crippen molar-refractivity contribution in [2.24, 2.45) is 0 Å². The number of carbonyl (C=O) groups is 1. The van der Waals surface area contributed by atoms with Crippen molar-refractivity contribution in [3.8, 4) is 0 Å². The van der Waals surface area contributed by atoms with E-state index in [1.54, 1.807) is 17.0 Å². The van der Waals surface area contributed by atoms with Gasteiger partial charge in [-0.05, 0) is 49.6 Å². The van der Waals surface area contributed by atoms with Crippen molar-refractivity contribution in [2.75, 3.05) is 49.1 Å². The molecular weight excluding hydrogens is 395 g/mol. The number of nitrogens with zero attached hydrogens (tertiary/aromatic N) is 5. The molecule has 4 rings (SSSR count). The largest absolute Gasteiger partial charge is 0.416 e. The molecule has 0 spiro atoms. The molecule has 1 aromatic carbocycles. The summed E-state index contributed by atoms with van der Waals surface area (Å²) in [7, 11) is 0. The molecule has 0 N–H and O–H groups in total. The third kappa shape index (κ3) is 4.49. The van der Waals surface area contributed by atoms with Gasteiger partial charge < -0.3 is 14.7 Å². The van der Waals surface area contributed by atoms with E-state index in [1.807, 2.05) is 11.0 Å². The fourth-order valence-corrected chi connectivity index (χ4v) is 3.94. The molecule has 1 amide bonds. The Morgan fingerprint density at radius 1 is 0.833 bits per heavy atom. The zero-order valence-electron chi connectivity index (χ0n) is 16.6. The highest BCUT2D eigenvalue weighted by molar-refractivity contribution is 5.92. The zero-order chi connectivity index (χ0) is 21.1. The number of piperidine rings is 1. The van der Waals surface area contributed by atoms with E-state index in [1.165, 1.54) is 12.5 Å². The molecule has 0 aliphatic carbocycles. The van der Waals surface area contributed by atoms with Crippen LogP contribution in [-0.4, -0.2) is 60.3 Å². The van der Waals surface area contributed by atoms with Crippen LogP contribution in [0.2, 0.25) is 0 Å². The minimum atomic E-state index is -4.37. The maximum absolute atomic E-state index is 13.0. The molecule has 2 aromatic rings. The molecule has 160 valence electrons. The fourth-order valence-electron chi connectivity index (χ4n) is 3.94. The zero-order valence-corrected chi connectivity index (χ0v) is 16.6. The summed E-state index contributed by atoms with van der Waals surface area (Å²) < 4.78 is 38.9. The second-order valence-corrected chi connectivity index (χ2v) is 7.65. The lowest BCUT2D eigenvalue weighted by molar-refractivity contribution is -0.137. The normalized spacial score (nSPS) is 17.9. The van der Waals surface area contributed by atoms with Crippen LogP contribution in [0, 0.1) is 0 Å². The van der Waals surface area contributed by atoms with Gasteiger partial charge >= 0.3 is 6.18 Å². The molecule has 2 aliphatic rings. The summed E-state index contributed by atoms with van der Waals surface area (Å²) in [6.45, 7) is 3.69. The van der Waals surface area contributed by atoms with Crippen LogP contribution in [0.5, 0.6) is 0 Å². The Hall–Kier alpha value is -2.84. The molecule has 1 aromatic heterocycles. The van der Waals surface area contributed by atoms with E-state index in [2.05, 4.69) is 15.1 Å². The van der Waals surface area contributed by atoms with Crippen molar-refractivity contribution in [1.82, 2.24) is 15.1 Å². The Balaban J connectivity index is 1.36. The minimum absolute atomic E-state index is 0.198. The first-order valence-electron chi connectivity index (χ1n) is 10.2. The number of alkyl halides is 3. The van der Waals surface area contributed by atoms with E-state index in [4.69, 9.17) is 0 Å². The number of amides is 1. The minimum Gasteiger partial charge on any atom is -0.368 e. The first-order valence-corrected chi connectivity index (χ1v) is 10.2. The molecule has 2 saturated heterocycles. The molecule has 2 fully saturated rings. The Labute approximate surface area is 173 Å². The van der Waals surface area contributed by atoms with Crippen molar-refractivity contribution in [2.45, 2.75) is 25.4 Å². The molecular formula is C21H24F3N5O. The van der Waals surface area contributed by atoms with Crippen LogP contribution in [0.3, 0.4) is 0 Å². The van der Waals surface area contributed by atoms with Gasteiger partial charge in [0.25, 0.3) is 5.91 Å². The number of benzene rings is 1. The molecule has 3 heterocycles. The van der Waals surface area contributed by atoms with E-state index in [0.29, 0.717) is 37.6 Å². The van der Waals surface area contributed by atoms with Gasteiger partial charge in [-0.1, -0.05) is 6.07 Å². The number of carbonyl (C=O) groups excluding carboxylic acids is 1. The van der Waals surface area contributed by atoms with Gasteiger partial charge in [0.1, 0.15) is 0 Å². The number of piperazine rings is 1. The van der Waals surface area contributed by atoms with E-state index >= 15 is 0 Å². The number of hydrogen-bond acceptors (Lipinski definition) is 5. The van der Waals surface area contributed by atoms with Gasteiger partial charge in [-0.3, -0.25) is 4.79 Å². The van der Waals surface area contributed by atoms with Crippen LogP contribution in [0.4, 0.5) is 24.7 Å². The van der Waals surface area contributed by atoms with Gasteiger partial charge in [0.05, 0.1) is 5.56 Å². The third-order valence-electron chi connectivity index (χ3n) is 5.66. The Morgan fingerprint density at radius 3 is 2.20 bits per heavy atom. The second-order valence-electron chi connectivity index (χ2n) is 7.65. The number of halogens is 3. The van der Waals surface area contributed by atoms with Gasteiger partial charge in [-0.25, -0.2) is 0 Å². The highest BCUT2D eigenvalue weighted by Gasteiger charge is 2.31. The van der Waals surface area contributed by atoms with Crippen molar-refractivity contribution in [3.63, 3.8) is 0 Å². The predicted octanol–water partition coefficient (Wildman–Crippen LogP) is 3.45. The molecule has 0 radical (unpaired) electrons. The highest BCUT2D eigenvalue weighted by atomic mass is 19.4. The molecule has 9 heteroatoms. The SMILES string of the molecule is O=C(c1ccc(N2CCCCC2)nn1)N1CCN(c2cccc(C(F)(F)F)c2)CC1. The number of anilines is 2. The fraction of sp³-hybridized carbons (Fsp3) is 0.476. The summed E-state index contributed by atoms with van der Waals surface area (Å²) in [6.07, 6.45) is -0.864. The standard InChI is InChI=1S/C21H24F3N5O/c22-21(23,24)16-5-4-6-17(15-16)27-11-13-29(14-12-27)20(30)18-7-8-19(26-25-18)28-9-2-1-3-10-28/h4-8,15H,1-3,9-14H2. The van der Waals surface area contributed by atoms with Crippen LogP contribution >= 0.6 is 0 Å². The highest BCUT2D eigenvalue weighted by Crippen LogP contribution is 2.32. The molecule has 0 unspecified atom stereocenters. The monoisotopic (exact) mass is 419 g/mol. The lowest BCUT2D eigenvalue weighted by atomic mass is 10.1. The molecule has 6 nitrogen and oxygen atoms in total. The van der Waals surface area contributed by atoms with Crippen LogP contribution in [0.1, 0.15) is 35.3 Å². The number of aromatic nitrogens is 2. The van der Waals surface area contributed by atoms with Gasteiger partial charge in [-0.2, -0.15) is 13.2 Å². The van der Waals surface area contributed by atoms with Gasteiger partial charge in [-0.15, -0.1) is 10.2 Å². The first kappa shape index (κ1) is 20.4. The second kappa shape index (κ2) is 8.49. The molecule has 0 atom stereocenters. The van der Waals surface area contributed by atoms with Crippen LogP contribution < -0.4 is 9.80 Å². The summed E-state index contributed by atoms with van der Waals surface area (Å²) in [6, 6.07) is 8.84. The number of hydrogen-bond donors (Lipinski definition) is 0. The predicted molar refractivity (Wildman–Crippen MR) is 108 cm³/mol. The lowest BCUT2D eigenvalue weighted by Crippen LogP contribution is -2.49. The lowest BCUT2D eigenvalue weighted by Gasteiger charge is -2.36. The maximum Gasteiger partial charge on any atom is 0.416 e. The summed E-state index contributed by atoms with van der Waals surface area (Å²) >= 11 is 0. The van der Waals surface area contributed by atoms with E-state index < -0.39 is 11.7 Å². The summed E-state index contributed by atoms with van der Waals surface area (Å²) in [5.74, 6) is 0.594. The Kier molecular flexibility index (Phi) is 5.78. The average molecular weight is 419 g/mol. The summed E-state index contributed by atoms with van der Waals surface area (Å²) in [5.41, 5.74) is 0.147. The van der Waals surface area contributed by atoms with Gasteiger partial charge in [0.2, 0.25) is 0 Å². The van der Waals surface area contributed by atoms with Crippen LogP contribution in [0.25, 0.3) is 0 Å². The van der Waals surface area contributed by atoms with Crippen molar-refractivity contribution in [1.29, 1.82) is 0 Å².